The van der Waals surface area contributed by atoms with E-state index in [4.69, 9.17) is 10.2 Å². The van der Waals surface area contributed by atoms with Crippen LogP contribution < -0.4 is 0 Å². The highest BCUT2D eigenvalue weighted by Crippen LogP contribution is 2.31. The summed E-state index contributed by atoms with van der Waals surface area (Å²) < 4.78 is 0. The molecule has 0 fully saturated rings. The zero-order valence-electron chi connectivity index (χ0n) is 8.54. The summed E-state index contributed by atoms with van der Waals surface area (Å²) in [5.74, 6) is -3.02. The topological polar surface area (TPSA) is 94.8 Å². The molecule has 0 unspecified atom stereocenters. The van der Waals surface area contributed by atoms with Crippen LogP contribution in [-0.4, -0.2) is 27.3 Å². The Labute approximate surface area is 95.5 Å². The molecule has 0 aliphatic carbocycles. The van der Waals surface area contributed by atoms with Crippen LogP contribution in [-0.2, 0) is 0 Å². The molecule has 3 N–H and O–H groups in total. The average Bonchev–Trinajstić information content (AvgIpc) is 2.29. The first-order valence-electron chi connectivity index (χ1n) is 4.73. The fraction of sp³-hybridized carbons (Fsp3) is 0. The van der Waals surface area contributed by atoms with Gasteiger partial charge in [-0.25, -0.2) is 9.59 Å². The molecule has 0 saturated carbocycles. The van der Waals surface area contributed by atoms with Gasteiger partial charge >= 0.3 is 11.9 Å². The minimum absolute atomic E-state index is 0.143. The Bertz CT molecular complexity index is 630. The van der Waals surface area contributed by atoms with Gasteiger partial charge in [-0.3, -0.25) is 0 Å². The molecule has 2 aromatic carbocycles. The van der Waals surface area contributed by atoms with Crippen LogP contribution in [0.15, 0.2) is 30.3 Å². The van der Waals surface area contributed by atoms with E-state index < -0.39 is 23.3 Å². The quantitative estimate of drug-likeness (QED) is 0.735. The van der Waals surface area contributed by atoms with Crippen LogP contribution in [0.2, 0.25) is 0 Å². The van der Waals surface area contributed by atoms with Crippen LogP contribution in [0.4, 0.5) is 0 Å². The van der Waals surface area contributed by atoms with Gasteiger partial charge in [-0.1, -0.05) is 24.3 Å². The number of phenols is 1. The van der Waals surface area contributed by atoms with E-state index in [1.165, 1.54) is 12.1 Å². The molecule has 0 aromatic heterocycles. The number of carboxylic acids is 2. The Morgan fingerprint density at radius 1 is 0.882 bits per heavy atom. The van der Waals surface area contributed by atoms with Gasteiger partial charge in [-0.15, -0.1) is 0 Å². The van der Waals surface area contributed by atoms with Crippen LogP contribution >= 0.6 is 0 Å². The fourth-order valence-electron chi connectivity index (χ4n) is 1.70. The lowest BCUT2D eigenvalue weighted by Gasteiger charge is -2.07. The third-order valence-corrected chi connectivity index (χ3v) is 2.48. The van der Waals surface area contributed by atoms with E-state index in [9.17, 15) is 14.7 Å². The lowest BCUT2D eigenvalue weighted by molar-refractivity contribution is 0.0693. The first-order valence-corrected chi connectivity index (χ1v) is 4.73. The molecule has 2 rings (SSSR count). The van der Waals surface area contributed by atoms with Gasteiger partial charge in [-0.2, -0.15) is 0 Å². The smallest absolute Gasteiger partial charge is 0.339 e. The van der Waals surface area contributed by atoms with Crippen molar-refractivity contribution in [2.45, 2.75) is 0 Å². The zero-order valence-corrected chi connectivity index (χ0v) is 8.54. The maximum atomic E-state index is 11.0. The van der Waals surface area contributed by atoms with Crippen molar-refractivity contribution < 1.29 is 24.9 Å². The summed E-state index contributed by atoms with van der Waals surface area (Å²) >= 11 is 0. The molecule has 5 nitrogen and oxygen atoms in total. The molecular weight excluding hydrogens is 224 g/mol. The molecule has 0 saturated heterocycles. The van der Waals surface area contributed by atoms with Gasteiger partial charge in [0, 0.05) is 5.39 Å². The summed E-state index contributed by atoms with van der Waals surface area (Å²) in [6.07, 6.45) is 0. The van der Waals surface area contributed by atoms with Crippen molar-refractivity contribution in [3.8, 4) is 5.75 Å². The SMILES string of the molecule is O=C(O)c1cc(C(=O)O)c2ccccc2c1O. The molecule has 5 heteroatoms. The van der Waals surface area contributed by atoms with Gasteiger partial charge < -0.3 is 15.3 Å². The second-order valence-corrected chi connectivity index (χ2v) is 3.48. The van der Waals surface area contributed by atoms with E-state index >= 15 is 0 Å². The number of fused-ring (bicyclic) bond motifs is 1. The van der Waals surface area contributed by atoms with Gasteiger partial charge in [0.25, 0.3) is 0 Å². The van der Waals surface area contributed by atoms with E-state index in [0.29, 0.717) is 5.39 Å². The van der Waals surface area contributed by atoms with Crippen LogP contribution in [0.1, 0.15) is 20.7 Å². The van der Waals surface area contributed by atoms with Crippen molar-refractivity contribution in [2.24, 2.45) is 0 Å². The second kappa shape index (κ2) is 3.79. The lowest BCUT2D eigenvalue weighted by Crippen LogP contribution is -2.04. The highest BCUT2D eigenvalue weighted by molar-refractivity contribution is 6.10. The maximum Gasteiger partial charge on any atom is 0.339 e. The van der Waals surface area contributed by atoms with Crippen molar-refractivity contribution in [1.82, 2.24) is 0 Å². The Kier molecular flexibility index (Phi) is 2.44. The number of benzene rings is 2. The summed E-state index contributed by atoms with van der Waals surface area (Å²) in [4.78, 5) is 21.9. The fourth-order valence-corrected chi connectivity index (χ4v) is 1.70. The molecule has 0 heterocycles. The van der Waals surface area contributed by atoms with Crippen LogP contribution in [0.5, 0.6) is 5.75 Å². The standard InChI is InChI=1S/C12H8O5/c13-10-7-4-2-1-3-6(7)8(11(14)15)5-9(10)12(16)17/h1-5,13H,(H,14,15)(H,16,17). The van der Waals surface area contributed by atoms with Gasteiger partial charge in [0.1, 0.15) is 11.3 Å². The van der Waals surface area contributed by atoms with E-state index in [1.54, 1.807) is 12.1 Å². The number of aromatic carboxylic acids is 2. The number of hydrogen-bond donors (Lipinski definition) is 3. The van der Waals surface area contributed by atoms with Gasteiger partial charge in [-0.05, 0) is 11.5 Å². The van der Waals surface area contributed by atoms with Crippen LogP contribution in [0.25, 0.3) is 10.8 Å². The summed E-state index contributed by atoms with van der Waals surface area (Å²) in [5.41, 5.74) is -0.558. The highest BCUT2D eigenvalue weighted by atomic mass is 16.4. The van der Waals surface area contributed by atoms with Gasteiger partial charge in [0.05, 0.1) is 5.56 Å². The second-order valence-electron chi connectivity index (χ2n) is 3.48. The number of carbonyl (C=O) groups is 2. The number of rotatable bonds is 2. The zero-order chi connectivity index (χ0) is 12.6. The molecule has 2 aromatic rings. The predicted molar refractivity (Wildman–Crippen MR) is 59.5 cm³/mol. The number of aromatic hydroxyl groups is 1. The number of carboxylic acid groups (broad SMARTS) is 2. The molecule has 0 atom stereocenters. The average molecular weight is 232 g/mol. The molecule has 86 valence electrons. The summed E-state index contributed by atoms with van der Waals surface area (Å²) in [6, 6.07) is 7.17. The Morgan fingerprint density at radius 2 is 1.41 bits per heavy atom. The molecule has 0 aliphatic heterocycles. The summed E-state index contributed by atoms with van der Waals surface area (Å²) in [6.45, 7) is 0. The molecule has 0 radical (unpaired) electrons. The molecule has 0 bridgehead atoms. The van der Waals surface area contributed by atoms with Crippen molar-refractivity contribution in [3.63, 3.8) is 0 Å². The number of hydrogen-bond acceptors (Lipinski definition) is 3. The summed E-state index contributed by atoms with van der Waals surface area (Å²) in [7, 11) is 0. The monoisotopic (exact) mass is 232 g/mol. The van der Waals surface area contributed by atoms with Crippen molar-refractivity contribution in [1.29, 1.82) is 0 Å². The Hall–Kier alpha value is -2.56. The van der Waals surface area contributed by atoms with Gasteiger partial charge in [0.15, 0.2) is 0 Å². The van der Waals surface area contributed by atoms with Crippen LogP contribution in [0.3, 0.4) is 0 Å². The molecule has 0 amide bonds. The predicted octanol–water partition coefficient (Wildman–Crippen LogP) is 1.94. The van der Waals surface area contributed by atoms with Crippen molar-refractivity contribution in [2.75, 3.05) is 0 Å². The van der Waals surface area contributed by atoms with Gasteiger partial charge in [0.2, 0.25) is 0 Å². The summed E-state index contributed by atoms with van der Waals surface area (Å²) in [5, 5.41) is 28.2. The third-order valence-electron chi connectivity index (χ3n) is 2.48. The van der Waals surface area contributed by atoms with Crippen LogP contribution in [0, 0.1) is 0 Å². The van der Waals surface area contributed by atoms with E-state index in [2.05, 4.69) is 0 Å². The molecule has 0 spiro atoms. The van der Waals surface area contributed by atoms with Crippen molar-refractivity contribution in [3.05, 3.63) is 41.5 Å². The third kappa shape index (κ3) is 1.67. The first-order chi connectivity index (χ1) is 8.02. The Balaban J connectivity index is 2.94. The van der Waals surface area contributed by atoms with Crippen molar-refractivity contribution >= 4 is 22.7 Å². The molecule has 17 heavy (non-hydrogen) atoms. The van der Waals surface area contributed by atoms with E-state index in [0.717, 1.165) is 6.07 Å². The molecule has 0 aliphatic rings. The normalized spacial score (nSPS) is 10.4. The Morgan fingerprint density at radius 3 is 1.94 bits per heavy atom. The minimum Gasteiger partial charge on any atom is -0.506 e. The largest absolute Gasteiger partial charge is 0.506 e. The minimum atomic E-state index is -1.37. The van der Waals surface area contributed by atoms with E-state index in [1.807, 2.05) is 0 Å². The highest BCUT2D eigenvalue weighted by Gasteiger charge is 2.18. The lowest BCUT2D eigenvalue weighted by atomic mass is 9.99. The maximum absolute atomic E-state index is 11.0. The first kappa shape index (κ1) is 10.9. The van der Waals surface area contributed by atoms with E-state index in [-0.39, 0.29) is 10.9 Å². The molecular formula is C12H8O5.